The van der Waals surface area contributed by atoms with Gasteiger partial charge in [0.15, 0.2) is 0 Å². The van der Waals surface area contributed by atoms with Gasteiger partial charge in [0.1, 0.15) is 5.82 Å². The van der Waals surface area contributed by atoms with Crippen molar-refractivity contribution in [3.05, 3.63) is 71.8 Å². The molecule has 0 spiro atoms. The highest BCUT2D eigenvalue weighted by Crippen LogP contribution is 2.22. The molecule has 0 aliphatic carbocycles. The SMILES string of the molecule is O=C(NC1CCN(Cc2ccccc2)CC1)c1cc(NCCN2CCOCC2)nc2ccccc12. The first-order chi connectivity index (χ1) is 17.2. The Hall–Kier alpha value is -3.00. The maximum atomic E-state index is 13.4. The van der Waals surface area contributed by atoms with Crippen molar-refractivity contribution in [3.63, 3.8) is 0 Å². The minimum Gasteiger partial charge on any atom is -0.379 e. The molecule has 2 N–H and O–H groups in total. The fourth-order valence-corrected chi connectivity index (χ4v) is 4.96. The van der Waals surface area contributed by atoms with Crippen molar-refractivity contribution < 1.29 is 9.53 Å². The van der Waals surface area contributed by atoms with E-state index in [4.69, 9.17) is 9.72 Å². The molecule has 2 aliphatic rings. The van der Waals surface area contributed by atoms with Gasteiger partial charge in [0, 0.05) is 57.2 Å². The van der Waals surface area contributed by atoms with Crippen molar-refractivity contribution in [2.75, 3.05) is 57.8 Å². The zero-order valence-corrected chi connectivity index (χ0v) is 20.3. The Balaban J connectivity index is 1.20. The number of ether oxygens (including phenoxy) is 1. The molecule has 1 amide bonds. The van der Waals surface area contributed by atoms with Crippen LogP contribution >= 0.6 is 0 Å². The van der Waals surface area contributed by atoms with Gasteiger partial charge in [0.2, 0.25) is 0 Å². The molecule has 1 aromatic heterocycles. The Morgan fingerprint density at radius 3 is 2.49 bits per heavy atom. The second kappa shape index (κ2) is 11.6. The smallest absolute Gasteiger partial charge is 0.252 e. The molecular weight excluding hydrogens is 438 g/mol. The summed E-state index contributed by atoms with van der Waals surface area (Å²) in [6.07, 6.45) is 1.93. The predicted molar refractivity (Wildman–Crippen MR) is 140 cm³/mol. The minimum absolute atomic E-state index is 0.0126. The van der Waals surface area contributed by atoms with E-state index < -0.39 is 0 Å². The van der Waals surface area contributed by atoms with E-state index in [2.05, 4.69) is 50.8 Å². The van der Waals surface area contributed by atoms with Crippen molar-refractivity contribution in [1.82, 2.24) is 20.1 Å². The summed E-state index contributed by atoms with van der Waals surface area (Å²) in [5.41, 5.74) is 2.87. The number of aromatic nitrogens is 1. The predicted octanol–water partition coefficient (Wildman–Crippen LogP) is 3.37. The zero-order valence-electron chi connectivity index (χ0n) is 20.3. The third-order valence-corrected chi connectivity index (χ3v) is 6.97. The van der Waals surface area contributed by atoms with Crippen molar-refractivity contribution in [2.24, 2.45) is 0 Å². The number of nitrogens with one attached hydrogen (secondary N) is 2. The first-order valence-electron chi connectivity index (χ1n) is 12.8. The lowest BCUT2D eigenvalue weighted by Crippen LogP contribution is -2.44. The van der Waals surface area contributed by atoms with Crippen LogP contribution in [0.1, 0.15) is 28.8 Å². The molecule has 2 aromatic carbocycles. The van der Waals surface area contributed by atoms with E-state index in [0.29, 0.717) is 5.56 Å². The number of para-hydroxylation sites is 1. The highest BCUT2D eigenvalue weighted by atomic mass is 16.5. The quantitative estimate of drug-likeness (QED) is 0.523. The first-order valence-corrected chi connectivity index (χ1v) is 12.8. The number of fused-ring (bicyclic) bond motifs is 1. The molecule has 0 unspecified atom stereocenters. The fourth-order valence-electron chi connectivity index (χ4n) is 4.96. The van der Waals surface area contributed by atoms with E-state index >= 15 is 0 Å². The molecule has 0 saturated carbocycles. The minimum atomic E-state index is -0.0126. The summed E-state index contributed by atoms with van der Waals surface area (Å²) in [4.78, 5) is 23.0. The number of likely N-dealkylation sites (tertiary alicyclic amines) is 1. The van der Waals surface area contributed by atoms with E-state index in [1.165, 1.54) is 5.56 Å². The molecule has 2 aliphatic heterocycles. The Morgan fingerprint density at radius 2 is 1.69 bits per heavy atom. The Labute approximate surface area is 207 Å². The highest BCUT2D eigenvalue weighted by Gasteiger charge is 2.22. The van der Waals surface area contributed by atoms with Crippen LogP contribution < -0.4 is 10.6 Å². The molecule has 35 heavy (non-hydrogen) atoms. The number of nitrogens with zero attached hydrogens (tertiary/aromatic N) is 3. The molecule has 7 heteroatoms. The van der Waals surface area contributed by atoms with Gasteiger partial charge in [-0.25, -0.2) is 4.98 Å². The van der Waals surface area contributed by atoms with Crippen LogP contribution in [-0.2, 0) is 11.3 Å². The Bertz CT molecular complexity index is 1110. The first kappa shape index (κ1) is 23.7. The number of pyridine rings is 1. The number of hydrogen-bond donors (Lipinski definition) is 2. The normalized spacial score (nSPS) is 17.9. The van der Waals surface area contributed by atoms with Gasteiger partial charge in [0.05, 0.1) is 24.3 Å². The molecule has 0 atom stereocenters. The number of amides is 1. The molecule has 3 aromatic rings. The summed E-state index contributed by atoms with van der Waals surface area (Å²) < 4.78 is 5.43. The number of rotatable bonds is 8. The second-order valence-corrected chi connectivity index (χ2v) is 9.46. The molecule has 0 bridgehead atoms. The molecule has 2 saturated heterocycles. The molecule has 5 rings (SSSR count). The summed E-state index contributed by atoms with van der Waals surface area (Å²) >= 11 is 0. The molecular formula is C28H35N5O2. The van der Waals surface area contributed by atoms with Gasteiger partial charge in [0.25, 0.3) is 5.91 Å². The third kappa shape index (κ3) is 6.36. The van der Waals surface area contributed by atoms with Crippen LogP contribution in [0.4, 0.5) is 5.82 Å². The standard InChI is InChI=1S/C28H35N5O2/c34-28(30-23-10-13-33(14-11-23)21-22-6-2-1-3-7-22)25-20-27(31-26-9-5-4-8-24(25)26)29-12-15-32-16-18-35-19-17-32/h1-9,20,23H,10-19,21H2,(H,29,31)(H,30,34). The van der Waals surface area contributed by atoms with Crippen molar-refractivity contribution >= 4 is 22.6 Å². The lowest BCUT2D eigenvalue weighted by molar-refractivity contribution is 0.0398. The molecule has 7 nitrogen and oxygen atoms in total. The van der Waals surface area contributed by atoms with Crippen molar-refractivity contribution in [2.45, 2.75) is 25.4 Å². The van der Waals surface area contributed by atoms with Gasteiger partial charge >= 0.3 is 0 Å². The Morgan fingerprint density at radius 1 is 0.943 bits per heavy atom. The van der Waals surface area contributed by atoms with Gasteiger partial charge in [-0.2, -0.15) is 0 Å². The average Bonchev–Trinajstić information content (AvgIpc) is 2.90. The highest BCUT2D eigenvalue weighted by molar-refractivity contribution is 6.07. The van der Waals surface area contributed by atoms with Gasteiger partial charge in [-0.05, 0) is 30.5 Å². The summed E-state index contributed by atoms with van der Waals surface area (Å²) in [6.45, 7) is 8.18. The van der Waals surface area contributed by atoms with E-state index in [1.54, 1.807) is 0 Å². The molecule has 184 valence electrons. The van der Waals surface area contributed by atoms with Gasteiger partial charge in [-0.3, -0.25) is 14.6 Å². The number of piperidine rings is 1. The van der Waals surface area contributed by atoms with Crippen LogP contribution in [0.15, 0.2) is 60.7 Å². The lowest BCUT2D eigenvalue weighted by atomic mass is 10.0. The van der Waals surface area contributed by atoms with Crippen LogP contribution in [0.3, 0.4) is 0 Å². The number of anilines is 1. The summed E-state index contributed by atoms with van der Waals surface area (Å²) in [5.74, 6) is 0.737. The third-order valence-electron chi connectivity index (χ3n) is 6.97. The van der Waals surface area contributed by atoms with Crippen LogP contribution in [0, 0.1) is 0 Å². The van der Waals surface area contributed by atoms with Crippen LogP contribution in [0.25, 0.3) is 10.9 Å². The maximum absolute atomic E-state index is 13.4. The molecule has 3 heterocycles. The zero-order chi connectivity index (χ0) is 23.9. The molecule has 0 radical (unpaired) electrons. The van der Waals surface area contributed by atoms with Crippen LogP contribution in [0.5, 0.6) is 0 Å². The monoisotopic (exact) mass is 473 g/mol. The van der Waals surface area contributed by atoms with E-state index in [0.717, 1.165) is 88.6 Å². The summed E-state index contributed by atoms with van der Waals surface area (Å²) in [5, 5.41) is 7.63. The largest absolute Gasteiger partial charge is 0.379 e. The van der Waals surface area contributed by atoms with E-state index in [1.807, 2.05) is 30.3 Å². The Kier molecular flexibility index (Phi) is 7.88. The van der Waals surface area contributed by atoms with Crippen LogP contribution in [-0.4, -0.2) is 79.2 Å². The number of benzene rings is 2. The van der Waals surface area contributed by atoms with Gasteiger partial charge < -0.3 is 15.4 Å². The number of carbonyl (C=O) groups is 1. The van der Waals surface area contributed by atoms with Crippen molar-refractivity contribution in [3.8, 4) is 0 Å². The van der Waals surface area contributed by atoms with E-state index in [-0.39, 0.29) is 11.9 Å². The maximum Gasteiger partial charge on any atom is 0.252 e. The fraction of sp³-hybridized carbons (Fsp3) is 0.429. The van der Waals surface area contributed by atoms with E-state index in [9.17, 15) is 4.79 Å². The van der Waals surface area contributed by atoms with Gasteiger partial charge in [-0.1, -0.05) is 48.5 Å². The lowest BCUT2D eigenvalue weighted by Gasteiger charge is -2.32. The summed E-state index contributed by atoms with van der Waals surface area (Å²) in [7, 11) is 0. The van der Waals surface area contributed by atoms with Gasteiger partial charge in [-0.15, -0.1) is 0 Å². The van der Waals surface area contributed by atoms with Crippen LogP contribution in [0.2, 0.25) is 0 Å². The second-order valence-electron chi connectivity index (χ2n) is 9.46. The topological polar surface area (TPSA) is 69.7 Å². The number of carbonyl (C=O) groups excluding carboxylic acids is 1. The van der Waals surface area contributed by atoms with Crippen molar-refractivity contribution in [1.29, 1.82) is 0 Å². The summed E-state index contributed by atoms with van der Waals surface area (Å²) in [6, 6.07) is 20.6. The number of hydrogen-bond acceptors (Lipinski definition) is 6. The molecule has 2 fully saturated rings. The number of morpholine rings is 1. The average molecular weight is 474 g/mol.